The minimum Gasteiger partial charge on any atom is -0.378 e. The van der Waals surface area contributed by atoms with E-state index in [0.29, 0.717) is 36.7 Å². The summed E-state index contributed by atoms with van der Waals surface area (Å²) in [4.78, 5) is 30.7. The molecular weight excluding hydrogens is 358 g/mol. The van der Waals surface area contributed by atoms with Gasteiger partial charge < -0.3 is 19.6 Å². The normalized spacial score (nSPS) is 14.8. The smallest absolute Gasteiger partial charge is 0.276 e. The van der Waals surface area contributed by atoms with Crippen molar-refractivity contribution in [1.82, 2.24) is 20.3 Å². The summed E-state index contributed by atoms with van der Waals surface area (Å²) in [6.07, 6.45) is 0. The van der Waals surface area contributed by atoms with Gasteiger partial charge in [0.15, 0.2) is 5.69 Å². The van der Waals surface area contributed by atoms with Crippen molar-refractivity contribution >= 4 is 17.5 Å². The quantitative estimate of drug-likeness (QED) is 0.806. The molecule has 0 radical (unpaired) electrons. The van der Waals surface area contributed by atoms with Crippen molar-refractivity contribution in [3.63, 3.8) is 0 Å². The lowest BCUT2D eigenvalue weighted by molar-refractivity contribution is 0.0628. The molecule has 1 aliphatic heterocycles. The first-order chi connectivity index (χ1) is 13.4. The summed E-state index contributed by atoms with van der Waals surface area (Å²) >= 11 is 0. The summed E-state index contributed by atoms with van der Waals surface area (Å²) in [5.41, 5.74) is 2.08. The van der Waals surface area contributed by atoms with Crippen molar-refractivity contribution in [3.05, 3.63) is 47.3 Å². The molecule has 1 saturated heterocycles. The predicted molar refractivity (Wildman–Crippen MR) is 107 cm³/mol. The number of amides is 2. The number of carbonyl (C=O) groups excluding carboxylic acids is 2. The molecule has 0 saturated carbocycles. The Bertz CT molecular complexity index is 808. The standard InChI is InChI=1S/C20H27N5O3/c1-15-14-18(22-28-15)20(27)25-12-10-24(11-13-25)9-8-21-19(26)16-4-6-17(7-5-16)23(2)3/h4-7,14H,8-13H2,1-3H3,(H,21,26). The van der Waals surface area contributed by atoms with Crippen LogP contribution in [0.25, 0.3) is 0 Å². The Hall–Kier alpha value is -2.87. The maximum absolute atomic E-state index is 12.4. The summed E-state index contributed by atoms with van der Waals surface area (Å²) in [5.74, 6) is 0.473. The summed E-state index contributed by atoms with van der Waals surface area (Å²) in [7, 11) is 3.93. The van der Waals surface area contributed by atoms with Gasteiger partial charge in [0, 0.05) is 70.7 Å². The fraction of sp³-hybridized carbons (Fsp3) is 0.450. The lowest BCUT2D eigenvalue weighted by Gasteiger charge is -2.34. The van der Waals surface area contributed by atoms with Crippen molar-refractivity contribution in [2.24, 2.45) is 0 Å². The molecule has 0 spiro atoms. The van der Waals surface area contributed by atoms with E-state index in [-0.39, 0.29) is 11.8 Å². The highest BCUT2D eigenvalue weighted by Crippen LogP contribution is 2.12. The maximum Gasteiger partial charge on any atom is 0.276 e. The van der Waals surface area contributed by atoms with Crippen LogP contribution in [0.2, 0.25) is 0 Å². The van der Waals surface area contributed by atoms with Gasteiger partial charge in [-0.2, -0.15) is 0 Å². The van der Waals surface area contributed by atoms with Crippen molar-refractivity contribution in [3.8, 4) is 0 Å². The number of hydrogen-bond donors (Lipinski definition) is 1. The first kappa shape index (κ1) is 19.9. The molecule has 1 fully saturated rings. The van der Waals surface area contributed by atoms with Crippen LogP contribution in [-0.2, 0) is 0 Å². The van der Waals surface area contributed by atoms with Crippen molar-refractivity contribution < 1.29 is 14.1 Å². The van der Waals surface area contributed by atoms with Gasteiger partial charge in [-0.15, -0.1) is 0 Å². The molecule has 8 nitrogen and oxygen atoms in total. The largest absolute Gasteiger partial charge is 0.378 e. The molecular formula is C20H27N5O3. The van der Waals surface area contributed by atoms with Crippen LogP contribution in [0.15, 0.2) is 34.9 Å². The van der Waals surface area contributed by atoms with E-state index in [9.17, 15) is 9.59 Å². The van der Waals surface area contributed by atoms with E-state index in [1.807, 2.05) is 43.3 Å². The summed E-state index contributed by atoms with van der Waals surface area (Å²) in [6.45, 7) is 5.94. The maximum atomic E-state index is 12.4. The zero-order chi connectivity index (χ0) is 20.1. The second kappa shape index (κ2) is 8.88. The number of nitrogens with zero attached hydrogens (tertiary/aromatic N) is 4. The molecule has 0 atom stereocenters. The van der Waals surface area contributed by atoms with Gasteiger partial charge in [-0.1, -0.05) is 5.16 Å². The second-order valence-corrected chi connectivity index (χ2v) is 7.15. The Morgan fingerprint density at radius 2 is 1.82 bits per heavy atom. The third-order valence-corrected chi connectivity index (χ3v) is 4.87. The average Bonchev–Trinajstić information content (AvgIpc) is 3.14. The van der Waals surface area contributed by atoms with Crippen molar-refractivity contribution in [1.29, 1.82) is 0 Å². The monoisotopic (exact) mass is 385 g/mol. The zero-order valence-corrected chi connectivity index (χ0v) is 16.6. The molecule has 2 heterocycles. The van der Waals surface area contributed by atoms with Crippen LogP contribution < -0.4 is 10.2 Å². The lowest BCUT2D eigenvalue weighted by Crippen LogP contribution is -2.50. The fourth-order valence-corrected chi connectivity index (χ4v) is 3.14. The molecule has 1 aliphatic rings. The minimum absolute atomic E-state index is 0.0690. The lowest BCUT2D eigenvalue weighted by atomic mass is 10.2. The Labute approximate surface area is 165 Å². The number of piperazine rings is 1. The van der Waals surface area contributed by atoms with Gasteiger partial charge in [0.25, 0.3) is 11.8 Å². The molecule has 0 bridgehead atoms. The highest BCUT2D eigenvalue weighted by Gasteiger charge is 2.24. The summed E-state index contributed by atoms with van der Waals surface area (Å²) in [5, 5.41) is 6.75. The molecule has 150 valence electrons. The molecule has 0 unspecified atom stereocenters. The van der Waals surface area contributed by atoms with Gasteiger partial charge in [0.1, 0.15) is 5.76 Å². The van der Waals surface area contributed by atoms with E-state index in [2.05, 4.69) is 15.4 Å². The first-order valence-electron chi connectivity index (χ1n) is 9.44. The molecule has 3 rings (SSSR count). The first-order valence-corrected chi connectivity index (χ1v) is 9.44. The highest BCUT2D eigenvalue weighted by atomic mass is 16.5. The number of rotatable bonds is 6. The van der Waals surface area contributed by atoms with Gasteiger partial charge in [0.2, 0.25) is 0 Å². The zero-order valence-electron chi connectivity index (χ0n) is 16.6. The highest BCUT2D eigenvalue weighted by molar-refractivity contribution is 5.94. The summed E-state index contributed by atoms with van der Waals surface area (Å²) in [6, 6.07) is 9.19. The van der Waals surface area contributed by atoms with Crippen LogP contribution in [0.1, 0.15) is 26.6 Å². The number of carbonyl (C=O) groups is 2. The van der Waals surface area contributed by atoms with Gasteiger partial charge >= 0.3 is 0 Å². The van der Waals surface area contributed by atoms with Crippen LogP contribution in [0, 0.1) is 6.92 Å². The summed E-state index contributed by atoms with van der Waals surface area (Å²) < 4.78 is 4.98. The van der Waals surface area contributed by atoms with Gasteiger partial charge in [0.05, 0.1) is 0 Å². The minimum atomic E-state index is -0.0917. The van der Waals surface area contributed by atoms with E-state index in [1.165, 1.54) is 0 Å². The van der Waals surface area contributed by atoms with Crippen LogP contribution in [0.5, 0.6) is 0 Å². The van der Waals surface area contributed by atoms with Crippen LogP contribution >= 0.6 is 0 Å². The topological polar surface area (TPSA) is 81.9 Å². The molecule has 2 amide bonds. The van der Waals surface area contributed by atoms with E-state index in [1.54, 1.807) is 17.9 Å². The molecule has 1 N–H and O–H groups in total. The number of nitrogens with one attached hydrogen (secondary N) is 1. The average molecular weight is 385 g/mol. The van der Waals surface area contributed by atoms with E-state index >= 15 is 0 Å². The number of aryl methyl sites for hydroxylation is 1. The van der Waals surface area contributed by atoms with Crippen LogP contribution in [0.4, 0.5) is 5.69 Å². The molecule has 0 aliphatic carbocycles. The Balaban J connectivity index is 1.39. The van der Waals surface area contributed by atoms with Gasteiger partial charge in [-0.25, -0.2) is 0 Å². The Morgan fingerprint density at radius 3 is 2.39 bits per heavy atom. The molecule has 1 aromatic heterocycles. The third-order valence-electron chi connectivity index (χ3n) is 4.87. The molecule has 2 aromatic rings. The van der Waals surface area contributed by atoms with E-state index in [4.69, 9.17) is 4.52 Å². The van der Waals surface area contributed by atoms with Crippen LogP contribution in [0.3, 0.4) is 0 Å². The SMILES string of the molecule is Cc1cc(C(=O)N2CCN(CCNC(=O)c3ccc(N(C)C)cc3)CC2)no1. The fourth-order valence-electron chi connectivity index (χ4n) is 3.14. The van der Waals surface area contributed by atoms with E-state index in [0.717, 1.165) is 25.3 Å². The van der Waals surface area contributed by atoms with E-state index < -0.39 is 0 Å². The van der Waals surface area contributed by atoms with Gasteiger partial charge in [-0.05, 0) is 31.2 Å². The molecule has 28 heavy (non-hydrogen) atoms. The van der Waals surface area contributed by atoms with Crippen molar-refractivity contribution in [2.75, 3.05) is 58.3 Å². The number of benzene rings is 1. The third kappa shape index (κ3) is 4.89. The van der Waals surface area contributed by atoms with Crippen LogP contribution in [-0.4, -0.2) is 80.1 Å². The molecule has 1 aromatic carbocycles. The predicted octanol–water partition coefficient (Wildman–Crippen LogP) is 1.24. The van der Waals surface area contributed by atoms with Crippen molar-refractivity contribution in [2.45, 2.75) is 6.92 Å². The number of aromatic nitrogens is 1. The second-order valence-electron chi connectivity index (χ2n) is 7.15. The Kier molecular flexibility index (Phi) is 6.30. The van der Waals surface area contributed by atoms with Gasteiger partial charge in [-0.3, -0.25) is 14.5 Å². The number of hydrogen-bond acceptors (Lipinski definition) is 6. The molecule has 8 heteroatoms. The Morgan fingerprint density at radius 1 is 1.14 bits per heavy atom. The number of anilines is 1.